The number of benzene rings is 2. The Morgan fingerprint density at radius 1 is 0.765 bits per heavy atom. The molecule has 51 heavy (non-hydrogen) atoms. The Morgan fingerprint density at radius 2 is 1.25 bits per heavy atom. The standard InChI is InChI=1S/C39H44N6O6/c1-22-28(5-3-7-32(22)44-37(48)34-15-30(24-9-10-24)26(18-41-34)17-40-13-14-46)29-6-4-8-33(23(29)2)45-38(49)35-16-31(25-11-12-25)27(19-42-35)20-43-36(21-47)39(50)51/h3-8,15-16,18-19,24-25,36,40,43,46-47H,9-14,17,20-21H2,1-2H3,(H,44,48)(H,45,49)(H,50,51). The number of nitrogens with zero attached hydrogens (tertiary/aromatic N) is 2. The van der Waals surface area contributed by atoms with Crippen molar-refractivity contribution in [1.82, 2.24) is 20.6 Å². The van der Waals surface area contributed by atoms with Crippen molar-refractivity contribution in [3.63, 3.8) is 0 Å². The van der Waals surface area contributed by atoms with Gasteiger partial charge in [0, 0.05) is 43.4 Å². The van der Waals surface area contributed by atoms with Crippen molar-refractivity contribution in [3.05, 3.63) is 106 Å². The van der Waals surface area contributed by atoms with Crippen molar-refractivity contribution in [2.75, 3.05) is 30.4 Å². The van der Waals surface area contributed by atoms with E-state index in [1.807, 2.05) is 56.3 Å². The number of nitrogens with one attached hydrogen (secondary N) is 4. The number of carboxylic acid groups (broad SMARTS) is 1. The third-order valence-electron chi connectivity index (χ3n) is 9.62. The first-order valence-electron chi connectivity index (χ1n) is 17.4. The molecule has 2 fully saturated rings. The molecule has 1 atom stereocenters. The molecule has 0 spiro atoms. The van der Waals surface area contributed by atoms with Gasteiger partial charge < -0.3 is 31.3 Å². The third-order valence-corrected chi connectivity index (χ3v) is 9.62. The van der Waals surface area contributed by atoms with Crippen LogP contribution in [0.4, 0.5) is 11.4 Å². The van der Waals surface area contributed by atoms with Gasteiger partial charge in [-0.25, -0.2) is 0 Å². The molecule has 2 aliphatic rings. The molecule has 6 rings (SSSR count). The molecule has 7 N–H and O–H groups in total. The lowest BCUT2D eigenvalue weighted by molar-refractivity contribution is -0.140. The fourth-order valence-corrected chi connectivity index (χ4v) is 6.35. The molecular weight excluding hydrogens is 648 g/mol. The smallest absolute Gasteiger partial charge is 0.323 e. The van der Waals surface area contributed by atoms with E-state index >= 15 is 0 Å². The molecular formula is C39H44N6O6. The van der Waals surface area contributed by atoms with Gasteiger partial charge in [0.05, 0.1) is 13.2 Å². The van der Waals surface area contributed by atoms with Crippen molar-refractivity contribution in [2.24, 2.45) is 0 Å². The van der Waals surface area contributed by atoms with E-state index in [1.165, 1.54) is 0 Å². The molecule has 0 saturated heterocycles. The minimum atomic E-state index is -1.14. The predicted octanol–water partition coefficient (Wildman–Crippen LogP) is 4.64. The average molecular weight is 693 g/mol. The van der Waals surface area contributed by atoms with Crippen LogP contribution in [0.25, 0.3) is 11.1 Å². The molecule has 2 heterocycles. The van der Waals surface area contributed by atoms with E-state index in [1.54, 1.807) is 18.5 Å². The van der Waals surface area contributed by atoms with Crippen LogP contribution in [-0.4, -0.2) is 68.9 Å². The van der Waals surface area contributed by atoms with E-state index in [-0.39, 0.29) is 36.6 Å². The van der Waals surface area contributed by atoms with E-state index in [0.29, 0.717) is 36.1 Å². The lowest BCUT2D eigenvalue weighted by Gasteiger charge is -2.17. The first-order chi connectivity index (χ1) is 24.7. The van der Waals surface area contributed by atoms with E-state index < -0.39 is 18.6 Å². The number of anilines is 2. The summed E-state index contributed by atoms with van der Waals surface area (Å²) in [4.78, 5) is 47.1. The number of aromatic nitrogens is 2. The predicted molar refractivity (Wildman–Crippen MR) is 194 cm³/mol. The maximum atomic E-state index is 13.5. The Morgan fingerprint density at radius 3 is 1.69 bits per heavy atom. The summed E-state index contributed by atoms with van der Waals surface area (Å²) in [6.07, 6.45) is 7.49. The summed E-state index contributed by atoms with van der Waals surface area (Å²) >= 11 is 0. The molecule has 2 aliphatic carbocycles. The zero-order valence-electron chi connectivity index (χ0n) is 28.8. The van der Waals surface area contributed by atoms with Crippen LogP contribution in [-0.2, 0) is 17.9 Å². The molecule has 0 radical (unpaired) electrons. The highest BCUT2D eigenvalue weighted by Crippen LogP contribution is 2.43. The zero-order chi connectivity index (χ0) is 36.1. The van der Waals surface area contributed by atoms with Crippen LogP contribution >= 0.6 is 0 Å². The van der Waals surface area contributed by atoms with E-state index in [0.717, 1.165) is 70.2 Å². The average Bonchev–Trinajstić information content (AvgIpc) is 4.05. The van der Waals surface area contributed by atoms with Gasteiger partial charge in [-0.15, -0.1) is 0 Å². The number of hydrogen-bond donors (Lipinski definition) is 7. The highest BCUT2D eigenvalue weighted by atomic mass is 16.4. The minimum Gasteiger partial charge on any atom is -0.480 e. The SMILES string of the molecule is Cc1c(NC(=O)c2cc(C3CC3)c(CNCCO)cn2)cccc1-c1cccc(NC(=O)c2cc(C3CC3)c(CNC(CO)C(=O)O)cn2)c1C. The second-order valence-corrected chi connectivity index (χ2v) is 13.3. The number of hydrogen-bond acceptors (Lipinski definition) is 9. The number of carbonyl (C=O) groups is 3. The Labute approximate surface area is 296 Å². The topological polar surface area (TPSA) is 186 Å². The highest BCUT2D eigenvalue weighted by Gasteiger charge is 2.29. The normalized spacial score (nSPS) is 14.6. The summed E-state index contributed by atoms with van der Waals surface area (Å²) in [6, 6.07) is 14.0. The Kier molecular flexibility index (Phi) is 11.2. The third kappa shape index (κ3) is 8.49. The lowest BCUT2D eigenvalue weighted by atomic mass is 9.94. The van der Waals surface area contributed by atoms with Gasteiger partial charge >= 0.3 is 5.97 Å². The molecule has 0 bridgehead atoms. The monoisotopic (exact) mass is 692 g/mol. The fraction of sp³-hybridized carbons (Fsp3) is 0.359. The van der Waals surface area contributed by atoms with Gasteiger partial charge in [-0.3, -0.25) is 29.7 Å². The van der Waals surface area contributed by atoms with Crippen LogP contribution in [0.2, 0.25) is 0 Å². The van der Waals surface area contributed by atoms with Crippen LogP contribution in [0, 0.1) is 13.8 Å². The molecule has 266 valence electrons. The van der Waals surface area contributed by atoms with E-state index in [9.17, 15) is 24.6 Å². The van der Waals surface area contributed by atoms with E-state index in [4.69, 9.17) is 5.11 Å². The molecule has 4 aromatic rings. The Hall–Kier alpha value is -5.01. The second kappa shape index (κ2) is 15.9. The van der Waals surface area contributed by atoms with Crippen molar-refractivity contribution in [1.29, 1.82) is 0 Å². The van der Waals surface area contributed by atoms with E-state index in [2.05, 4.69) is 31.2 Å². The van der Waals surface area contributed by atoms with Crippen molar-refractivity contribution < 1.29 is 29.7 Å². The summed E-state index contributed by atoms with van der Waals surface area (Å²) in [5.41, 5.74) is 9.36. The van der Waals surface area contributed by atoms with Gasteiger partial charge in [0.1, 0.15) is 17.4 Å². The highest BCUT2D eigenvalue weighted by molar-refractivity contribution is 6.05. The number of amides is 2. The number of carboxylic acids is 1. The maximum Gasteiger partial charge on any atom is 0.323 e. The van der Waals surface area contributed by atoms with Crippen molar-refractivity contribution in [3.8, 4) is 11.1 Å². The molecule has 12 heteroatoms. The van der Waals surface area contributed by atoms with Crippen LogP contribution in [0.5, 0.6) is 0 Å². The Bertz CT molecular complexity index is 1940. The lowest BCUT2D eigenvalue weighted by Crippen LogP contribution is -2.39. The van der Waals surface area contributed by atoms with Gasteiger partial charge in [0.15, 0.2) is 0 Å². The Balaban J connectivity index is 1.18. The van der Waals surface area contributed by atoms with Gasteiger partial charge in [-0.1, -0.05) is 24.3 Å². The number of carbonyl (C=O) groups excluding carboxylic acids is 2. The summed E-state index contributed by atoms with van der Waals surface area (Å²) in [5.74, 6) is -1.08. The van der Waals surface area contributed by atoms with Crippen LogP contribution in [0.1, 0.15) is 91.9 Å². The summed E-state index contributed by atoms with van der Waals surface area (Å²) in [5, 5.41) is 39.9. The zero-order valence-corrected chi connectivity index (χ0v) is 28.8. The summed E-state index contributed by atoms with van der Waals surface area (Å²) in [7, 11) is 0. The second-order valence-electron chi connectivity index (χ2n) is 13.3. The number of aliphatic hydroxyl groups excluding tert-OH is 2. The molecule has 12 nitrogen and oxygen atoms in total. The van der Waals surface area contributed by atoms with Crippen LogP contribution in [0.3, 0.4) is 0 Å². The minimum absolute atomic E-state index is 0.0583. The molecule has 2 aromatic heterocycles. The first-order valence-corrected chi connectivity index (χ1v) is 17.4. The van der Waals surface area contributed by atoms with Gasteiger partial charge in [-0.05, 0) is 120 Å². The quantitative estimate of drug-likeness (QED) is 0.0817. The van der Waals surface area contributed by atoms with Gasteiger partial charge in [0.2, 0.25) is 0 Å². The summed E-state index contributed by atoms with van der Waals surface area (Å²) < 4.78 is 0. The molecule has 2 aromatic carbocycles. The number of rotatable bonds is 16. The maximum absolute atomic E-state index is 13.5. The molecule has 2 amide bonds. The number of pyridine rings is 2. The molecule has 1 unspecified atom stereocenters. The largest absolute Gasteiger partial charge is 0.480 e. The van der Waals surface area contributed by atoms with Gasteiger partial charge in [-0.2, -0.15) is 0 Å². The molecule has 0 aliphatic heterocycles. The fourth-order valence-electron chi connectivity index (χ4n) is 6.35. The molecule has 2 saturated carbocycles. The number of aliphatic carboxylic acids is 1. The first kappa shape index (κ1) is 35.8. The van der Waals surface area contributed by atoms with Crippen LogP contribution < -0.4 is 21.3 Å². The van der Waals surface area contributed by atoms with Crippen LogP contribution in [0.15, 0.2) is 60.9 Å². The van der Waals surface area contributed by atoms with Gasteiger partial charge in [0.25, 0.3) is 11.8 Å². The number of aliphatic hydroxyl groups is 2. The summed E-state index contributed by atoms with van der Waals surface area (Å²) in [6.45, 7) is 4.72. The van der Waals surface area contributed by atoms with Crippen molar-refractivity contribution in [2.45, 2.75) is 70.5 Å². The van der Waals surface area contributed by atoms with Crippen molar-refractivity contribution >= 4 is 29.2 Å².